The van der Waals surface area contributed by atoms with Crippen LogP contribution in [0.5, 0.6) is 0 Å². The van der Waals surface area contributed by atoms with Crippen molar-refractivity contribution in [3.8, 4) is 0 Å². The Morgan fingerprint density at radius 2 is 2.33 bits per heavy atom. The van der Waals surface area contributed by atoms with Crippen LogP contribution in [0.1, 0.15) is 12.1 Å². The lowest BCUT2D eigenvalue weighted by Gasteiger charge is -2.34. The van der Waals surface area contributed by atoms with E-state index in [1.165, 1.54) is 13.3 Å². The molecule has 0 radical (unpaired) electrons. The minimum Gasteiger partial charge on any atom is -0.468 e. The molecule has 2 aliphatic rings. The highest BCUT2D eigenvalue weighted by Gasteiger charge is 2.58. The molecule has 0 amide bonds. The number of methoxy groups -OCH3 is 1. The zero-order chi connectivity index (χ0) is 12.8. The summed E-state index contributed by atoms with van der Waals surface area (Å²) >= 11 is 6.13. The number of ether oxygens (including phenoxy) is 1. The lowest BCUT2D eigenvalue weighted by atomic mass is 9.73. The number of hydrogen-bond acceptors (Lipinski definition) is 5. The van der Waals surface area contributed by atoms with Gasteiger partial charge in [-0.15, -0.1) is 0 Å². The second kappa shape index (κ2) is 4.17. The van der Waals surface area contributed by atoms with E-state index in [-0.39, 0.29) is 11.9 Å². The Morgan fingerprint density at radius 3 is 2.89 bits per heavy atom. The first kappa shape index (κ1) is 11.9. The van der Waals surface area contributed by atoms with Crippen molar-refractivity contribution in [2.24, 2.45) is 5.92 Å². The van der Waals surface area contributed by atoms with E-state index in [4.69, 9.17) is 16.3 Å². The number of fused-ring (bicyclic) bond motifs is 2. The summed E-state index contributed by atoms with van der Waals surface area (Å²) in [6, 6.07) is 0. The monoisotopic (exact) mass is 267 g/mol. The van der Waals surface area contributed by atoms with Crippen molar-refractivity contribution in [2.45, 2.75) is 11.8 Å². The molecule has 1 aromatic heterocycles. The standard InChI is InChI=1S/C12H14ClN3O2/c1-18-11(17)12(7-16-5-2-8(12)6-16)9-10(13)15-4-3-14-9/h3-4,8H,2,5-7H2,1H3. The van der Waals surface area contributed by atoms with E-state index in [1.54, 1.807) is 6.20 Å². The van der Waals surface area contributed by atoms with Crippen LogP contribution in [0.3, 0.4) is 0 Å². The summed E-state index contributed by atoms with van der Waals surface area (Å²) in [4.78, 5) is 22.9. The molecule has 0 N–H and O–H groups in total. The minimum absolute atomic E-state index is 0.221. The van der Waals surface area contributed by atoms with Crippen molar-refractivity contribution in [3.05, 3.63) is 23.2 Å². The van der Waals surface area contributed by atoms with Crippen LogP contribution >= 0.6 is 11.6 Å². The zero-order valence-electron chi connectivity index (χ0n) is 10.1. The molecule has 0 spiro atoms. The van der Waals surface area contributed by atoms with E-state index in [2.05, 4.69) is 14.9 Å². The third-order valence-corrected chi connectivity index (χ3v) is 4.34. The Morgan fingerprint density at radius 1 is 1.56 bits per heavy atom. The Bertz CT molecular complexity index is 496. The van der Waals surface area contributed by atoms with E-state index >= 15 is 0 Å². The summed E-state index contributed by atoms with van der Waals surface area (Å²) in [5.74, 6) is -0.0312. The predicted molar refractivity (Wildman–Crippen MR) is 65.3 cm³/mol. The molecule has 1 aromatic rings. The summed E-state index contributed by atoms with van der Waals surface area (Å²) in [5.41, 5.74) is -0.177. The lowest BCUT2D eigenvalue weighted by molar-refractivity contribution is -0.149. The molecule has 0 aliphatic carbocycles. The SMILES string of the molecule is COC(=O)C1(c2nccnc2Cl)CN2CCC1C2. The molecule has 2 bridgehead atoms. The third kappa shape index (κ3) is 1.47. The van der Waals surface area contributed by atoms with E-state index in [0.29, 0.717) is 17.4 Å². The topological polar surface area (TPSA) is 55.3 Å². The molecule has 6 heteroatoms. The van der Waals surface area contributed by atoms with Gasteiger partial charge in [-0.05, 0) is 18.9 Å². The van der Waals surface area contributed by atoms with Crippen LogP contribution in [0.4, 0.5) is 0 Å². The number of rotatable bonds is 2. The van der Waals surface area contributed by atoms with Crippen LogP contribution in [-0.2, 0) is 14.9 Å². The van der Waals surface area contributed by atoms with Gasteiger partial charge in [0.25, 0.3) is 0 Å². The molecule has 18 heavy (non-hydrogen) atoms. The average Bonchev–Trinajstić information content (AvgIpc) is 2.99. The first-order valence-corrected chi connectivity index (χ1v) is 6.34. The van der Waals surface area contributed by atoms with Crippen molar-refractivity contribution < 1.29 is 9.53 Å². The van der Waals surface area contributed by atoms with Crippen molar-refractivity contribution in [2.75, 3.05) is 26.7 Å². The first-order chi connectivity index (χ1) is 8.68. The van der Waals surface area contributed by atoms with Gasteiger partial charge in [-0.25, -0.2) is 4.98 Å². The van der Waals surface area contributed by atoms with Gasteiger partial charge in [0.2, 0.25) is 0 Å². The number of carbonyl (C=O) groups is 1. The van der Waals surface area contributed by atoms with E-state index in [0.717, 1.165) is 19.5 Å². The predicted octanol–water partition coefficient (Wildman–Crippen LogP) is 0.876. The van der Waals surface area contributed by atoms with Gasteiger partial charge in [-0.3, -0.25) is 9.78 Å². The summed E-state index contributed by atoms with van der Waals surface area (Å²) in [6.45, 7) is 2.56. The van der Waals surface area contributed by atoms with E-state index < -0.39 is 5.41 Å². The molecule has 3 atom stereocenters. The smallest absolute Gasteiger partial charge is 0.319 e. The van der Waals surface area contributed by atoms with Crippen molar-refractivity contribution in [1.82, 2.24) is 14.9 Å². The average molecular weight is 268 g/mol. The van der Waals surface area contributed by atoms with Gasteiger partial charge in [0.1, 0.15) is 5.41 Å². The van der Waals surface area contributed by atoms with Crippen LogP contribution in [0.2, 0.25) is 5.15 Å². The summed E-state index contributed by atoms with van der Waals surface area (Å²) in [5, 5.41) is 0.302. The number of carbonyl (C=O) groups excluding carboxylic acids is 1. The maximum absolute atomic E-state index is 12.3. The molecule has 96 valence electrons. The number of aromatic nitrogens is 2. The van der Waals surface area contributed by atoms with Gasteiger partial charge in [-0.1, -0.05) is 11.6 Å². The lowest BCUT2D eigenvalue weighted by Crippen LogP contribution is -2.48. The van der Waals surface area contributed by atoms with Crippen LogP contribution in [0, 0.1) is 5.92 Å². The summed E-state index contributed by atoms with van der Waals surface area (Å²) in [7, 11) is 1.41. The fraction of sp³-hybridized carbons (Fsp3) is 0.583. The number of esters is 1. The Balaban J connectivity index is 2.12. The third-order valence-electron chi connectivity index (χ3n) is 4.07. The highest BCUT2D eigenvalue weighted by atomic mass is 35.5. The molecule has 5 nitrogen and oxygen atoms in total. The normalized spacial score (nSPS) is 33.7. The fourth-order valence-electron chi connectivity index (χ4n) is 3.26. The van der Waals surface area contributed by atoms with E-state index in [1.807, 2.05) is 0 Å². The summed E-state index contributed by atoms with van der Waals surface area (Å²) in [6.07, 6.45) is 4.08. The van der Waals surface area contributed by atoms with Gasteiger partial charge >= 0.3 is 5.97 Å². The molecule has 3 rings (SSSR count). The zero-order valence-corrected chi connectivity index (χ0v) is 10.9. The van der Waals surface area contributed by atoms with Gasteiger partial charge in [-0.2, -0.15) is 0 Å². The maximum Gasteiger partial charge on any atom is 0.319 e. The second-order valence-corrected chi connectivity index (χ2v) is 5.24. The van der Waals surface area contributed by atoms with Gasteiger partial charge in [0.15, 0.2) is 5.15 Å². The molecule has 3 unspecified atom stereocenters. The summed E-state index contributed by atoms with van der Waals surface area (Å²) < 4.78 is 5.01. The van der Waals surface area contributed by atoms with Crippen molar-refractivity contribution in [3.63, 3.8) is 0 Å². The molecular weight excluding hydrogens is 254 g/mol. The number of nitrogens with zero attached hydrogens (tertiary/aromatic N) is 3. The van der Waals surface area contributed by atoms with Crippen molar-refractivity contribution in [1.29, 1.82) is 0 Å². The highest BCUT2D eigenvalue weighted by molar-refractivity contribution is 6.30. The van der Waals surface area contributed by atoms with Gasteiger partial charge in [0.05, 0.1) is 12.8 Å². The number of hydrogen-bond donors (Lipinski definition) is 0. The Kier molecular flexibility index (Phi) is 2.75. The van der Waals surface area contributed by atoms with E-state index in [9.17, 15) is 4.79 Å². The molecule has 3 heterocycles. The Hall–Kier alpha value is -1.20. The Labute approximate surface area is 110 Å². The maximum atomic E-state index is 12.3. The molecule has 0 aromatic carbocycles. The molecule has 2 fully saturated rings. The highest BCUT2D eigenvalue weighted by Crippen LogP contribution is 2.46. The quantitative estimate of drug-likeness (QED) is 0.745. The number of piperidine rings is 1. The second-order valence-electron chi connectivity index (χ2n) is 4.88. The van der Waals surface area contributed by atoms with Crippen LogP contribution in [0.15, 0.2) is 12.4 Å². The molecule has 0 saturated carbocycles. The minimum atomic E-state index is -0.738. The first-order valence-electron chi connectivity index (χ1n) is 5.96. The van der Waals surface area contributed by atoms with Gasteiger partial charge < -0.3 is 9.64 Å². The molecular formula is C12H14ClN3O2. The van der Waals surface area contributed by atoms with Crippen LogP contribution in [-0.4, -0.2) is 47.6 Å². The fourth-order valence-corrected chi connectivity index (χ4v) is 3.53. The van der Waals surface area contributed by atoms with Gasteiger partial charge in [0, 0.05) is 25.5 Å². The largest absolute Gasteiger partial charge is 0.468 e. The van der Waals surface area contributed by atoms with Crippen molar-refractivity contribution >= 4 is 17.6 Å². The van der Waals surface area contributed by atoms with Crippen LogP contribution < -0.4 is 0 Å². The number of halogens is 1. The molecule has 2 aliphatic heterocycles. The van der Waals surface area contributed by atoms with Crippen LogP contribution in [0.25, 0.3) is 0 Å². The molecule has 2 saturated heterocycles.